The number of hydrogen-bond acceptors (Lipinski definition) is 6. The molecule has 1 aliphatic rings. The van der Waals surface area contributed by atoms with Crippen LogP contribution in [-0.4, -0.2) is 33.4 Å². The Morgan fingerprint density at radius 1 is 1.32 bits per heavy atom. The minimum Gasteiger partial charge on any atom is -0.495 e. The van der Waals surface area contributed by atoms with Crippen molar-refractivity contribution in [2.75, 3.05) is 7.11 Å². The Hall–Kier alpha value is -1.93. The van der Waals surface area contributed by atoms with E-state index in [2.05, 4.69) is 0 Å². The molecular weight excluding hydrogens is 310 g/mol. The highest BCUT2D eigenvalue weighted by atomic mass is 32.2. The topological polar surface area (TPSA) is 113 Å². The third kappa shape index (κ3) is 3.63. The maximum absolute atomic E-state index is 12.1. The smallest absolute Gasteiger partial charge is 0.338 e. The van der Waals surface area contributed by atoms with Crippen LogP contribution in [0.15, 0.2) is 23.1 Å². The average Bonchev–Trinajstić information content (AvgIpc) is 2.48. The number of Topliss-reactive ketones (excluding diaryl/α,β-unsaturated/α-hetero) is 1. The Morgan fingerprint density at radius 3 is 2.64 bits per heavy atom. The van der Waals surface area contributed by atoms with E-state index in [0.717, 1.165) is 18.9 Å². The predicted molar refractivity (Wildman–Crippen MR) is 77.0 cm³/mol. The highest BCUT2D eigenvalue weighted by Gasteiger charge is 2.27. The van der Waals surface area contributed by atoms with Crippen LogP contribution in [0, 0.1) is 0 Å². The fourth-order valence-corrected chi connectivity index (χ4v) is 3.02. The molecule has 0 amide bonds. The van der Waals surface area contributed by atoms with Gasteiger partial charge < -0.3 is 9.47 Å². The van der Waals surface area contributed by atoms with Crippen LogP contribution in [0.4, 0.5) is 0 Å². The molecule has 2 N–H and O–H groups in total. The van der Waals surface area contributed by atoms with Crippen molar-refractivity contribution >= 4 is 21.8 Å². The summed E-state index contributed by atoms with van der Waals surface area (Å²) in [6.07, 6.45) is 1.73. The molecule has 0 heterocycles. The van der Waals surface area contributed by atoms with Crippen LogP contribution in [0.1, 0.15) is 36.0 Å². The molecule has 8 heteroatoms. The molecule has 0 radical (unpaired) electrons. The first-order valence-electron chi connectivity index (χ1n) is 6.77. The van der Waals surface area contributed by atoms with Gasteiger partial charge in [-0.3, -0.25) is 4.79 Å². The molecule has 120 valence electrons. The highest BCUT2D eigenvalue weighted by Crippen LogP contribution is 2.25. The van der Waals surface area contributed by atoms with Gasteiger partial charge in [0.2, 0.25) is 10.0 Å². The molecule has 7 nitrogen and oxygen atoms in total. The zero-order chi connectivity index (χ0) is 16.3. The summed E-state index contributed by atoms with van der Waals surface area (Å²) >= 11 is 0. The van der Waals surface area contributed by atoms with Gasteiger partial charge in [-0.1, -0.05) is 0 Å². The summed E-state index contributed by atoms with van der Waals surface area (Å²) in [5.41, 5.74) is 0.00296. The van der Waals surface area contributed by atoms with Gasteiger partial charge in [-0.15, -0.1) is 0 Å². The van der Waals surface area contributed by atoms with E-state index in [1.54, 1.807) is 0 Å². The fourth-order valence-electron chi connectivity index (χ4n) is 2.30. The lowest BCUT2D eigenvalue weighted by atomic mass is 9.96. The van der Waals surface area contributed by atoms with E-state index in [9.17, 15) is 18.0 Å². The van der Waals surface area contributed by atoms with Crippen molar-refractivity contribution < 1.29 is 27.5 Å². The standard InChI is InChI=1S/C14H17NO6S/c1-20-12-7-6-9(8-13(12)22(15,18)19)14(17)21-11-5-3-2-4-10(11)16/h6-8,11H,2-5H2,1H3,(H2,15,18,19)/t11-/m0/s1. The Morgan fingerprint density at radius 2 is 2.05 bits per heavy atom. The summed E-state index contributed by atoms with van der Waals surface area (Å²) in [6.45, 7) is 0. The molecule has 0 unspecified atom stereocenters. The quantitative estimate of drug-likeness (QED) is 0.826. The number of nitrogens with two attached hydrogens (primary N) is 1. The fraction of sp³-hybridized carbons (Fsp3) is 0.429. The van der Waals surface area contributed by atoms with E-state index in [1.807, 2.05) is 0 Å². The van der Waals surface area contributed by atoms with Crippen LogP contribution in [0.2, 0.25) is 0 Å². The van der Waals surface area contributed by atoms with Gasteiger partial charge in [0.1, 0.15) is 10.6 Å². The van der Waals surface area contributed by atoms with Crippen LogP contribution in [0.25, 0.3) is 0 Å². The normalized spacial score (nSPS) is 18.8. The number of ether oxygens (including phenoxy) is 2. The largest absolute Gasteiger partial charge is 0.495 e. The van der Waals surface area contributed by atoms with Crippen molar-refractivity contribution in [2.45, 2.75) is 36.7 Å². The zero-order valence-corrected chi connectivity index (χ0v) is 12.9. The number of primary sulfonamides is 1. The molecule has 0 saturated heterocycles. The van der Waals surface area contributed by atoms with E-state index >= 15 is 0 Å². The first kappa shape index (κ1) is 16.4. The van der Waals surface area contributed by atoms with Crippen molar-refractivity contribution in [3.8, 4) is 5.75 Å². The lowest BCUT2D eigenvalue weighted by Crippen LogP contribution is -2.30. The molecule has 1 saturated carbocycles. The number of hydrogen-bond donors (Lipinski definition) is 1. The predicted octanol–water partition coefficient (Wildman–Crippen LogP) is 1.01. The van der Waals surface area contributed by atoms with Gasteiger partial charge in [0, 0.05) is 6.42 Å². The number of benzene rings is 1. The van der Waals surface area contributed by atoms with Gasteiger partial charge in [-0.05, 0) is 37.5 Å². The number of rotatable bonds is 4. The first-order chi connectivity index (χ1) is 10.3. The minimum absolute atomic E-state index is 0.00296. The number of sulfonamides is 1. The second-order valence-electron chi connectivity index (χ2n) is 5.02. The van der Waals surface area contributed by atoms with Crippen LogP contribution in [-0.2, 0) is 19.6 Å². The van der Waals surface area contributed by atoms with Gasteiger partial charge in [0.15, 0.2) is 11.9 Å². The van der Waals surface area contributed by atoms with Gasteiger partial charge in [0.25, 0.3) is 0 Å². The lowest BCUT2D eigenvalue weighted by Gasteiger charge is -2.20. The molecule has 0 aliphatic heterocycles. The van der Waals surface area contributed by atoms with Crippen molar-refractivity contribution in [2.24, 2.45) is 5.14 Å². The van der Waals surface area contributed by atoms with Gasteiger partial charge in [0.05, 0.1) is 12.7 Å². The molecule has 2 rings (SSSR count). The van der Waals surface area contributed by atoms with E-state index in [-0.39, 0.29) is 22.0 Å². The van der Waals surface area contributed by atoms with Crippen LogP contribution < -0.4 is 9.88 Å². The summed E-state index contributed by atoms with van der Waals surface area (Å²) < 4.78 is 33.1. The maximum atomic E-state index is 12.1. The molecule has 0 spiro atoms. The molecule has 0 bridgehead atoms. The molecule has 1 aromatic rings. The number of carbonyl (C=O) groups excluding carboxylic acids is 2. The molecule has 1 aromatic carbocycles. The van der Waals surface area contributed by atoms with Gasteiger partial charge >= 0.3 is 5.97 Å². The monoisotopic (exact) mass is 327 g/mol. The zero-order valence-electron chi connectivity index (χ0n) is 12.1. The van der Waals surface area contributed by atoms with Crippen LogP contribution in [0.5, 0.6) is 5.75 Å². The number of esters is 1. The van der Waals surface area contributed by atoms with Crippen LogP contribution in [0.3, 0.4) is 0 Å². The Balaban J connectivity index is 2.25. The van der Waals surface area contributed by atoms with E-state index in [0.29, 0.717) is 12.8 Å². The van der Waals surface area contributed by atoms with E-state index < -0.39 is 22.1 Å². The molecule has 1 atom stereocenters. The summed E-state index contributed by atoms with van der Waals surface area (Å²) in [6, 6.07) is 3.77. The Bertz CT molecular complexity index is 697. The molecule has 1 aliphatic carbocycles. The Kier molecular flexibility index (Phi) is 4.82. The van der Waals surface area contributed by atoms with Gasteiger partial charge in [-0.2, -0.15) is 0 Å². The summed E-state index contributed by atoms with van der Waals surface area (Å²) in [5, 5.41) is 5.09. The first-order valence-corrected chi connectivity index (χ1v) is 8.32. The third-order valence-corrected chi connectivity index (χ3v) is 4.39. The van der Waals surface area contributed by atoms with Crippen molar-refractivity contribution in [3.05, 3.63) is 23.8 Å². The van der Waals surface area contributed by atoms with E-state index in [1.165, 1.54) is 19.2 Å². The third-order valence-electron chi connectivity index (χ3n) is 3.45. The van der Waals surface area contributed by atoms with Crippen molar-refractivity contribution in [1.29, 1.82) is 0 Å². The SMILES string of the molecule is COc1ccc(C(=O)O[C@H]2CCCCC2=O)cc1S(N)(=O)=O. The second-order valence-corrected chi connectivity index (χ2v) is 6.55. The second kappa shape index (κ2) is 6.45. The number of carbonyl (C=O) groups is 2. The highest BCUT2D eigenvalue weighted by molar-refractivity contribution is 7.89. The van der Waals surface area contributed by atoms with Crippen LogP contribution >= 0.6 is 0 Å². The minimum atomic E-state index is -4.05. The molecule has 0 aromatic heterocycles. The summed E-state index contributed by atoms with van der Waals surface area (Å²) in [7, 11) is -2.75. The maximum Gasteiger partial charge on any atom is 0.338 e. The average molecular weight is 327 g/mol. The summed E-state index contributed by atoms with van der Waals surface area (Å²) in [4.78, 5) is 23.5. The molecule has 1 fully saturated rings. The molecular formula is C14H17NO6S. The van der Waals surface area contributed by atoms with Gasteiger partial charge in [-0.25, -0.2) is 18.4 Å². The lowest BCUT2D eigenvalue weighted by molar-refractivity contribution is -0.129. The van der Waals surface area contributed by atoms with Crippen molar-refractivity contribution in [3.63, 3.8) is 0 Å². The number of ketones is 1. The van der Waals surface area contributed by atoms with E-state index in [4.69, 9.17) is 14.6 Å². The van der Waals surface area contributed by atoms with Crippen molar-refractivity contribution in [1.82, 2.24) is 0 Å². The Labute approximate surface area is 128 Å². The summed E-state index contributed by atoms with van der Waals surface area (Å²) in [5.74, 6) is -0.833. The molecule has 22 heavy (non-hydrogen) atoms. The number of methoxy groups -OCH3 is 1.